The molecule has 0 aromatic heterocycles. The number of nitrogens with one attached hydrogen (secondary N) is 1. The van der Waals surface area contributed by atoms with Crippen molar-refractivity contribution in [1.82, 2.24) is 5.32 Å². The molecule has 2 aromatic rings. The maximum atomic E-state index is 12.4. The fourth-order valence-corrected chi connectivity index (χ4v) is 3.01. The minimum absolute atomic E-state index is 0.0737. The van der Waals surface area contributed by atoms with Gasteiger partial charge in [-0.3, -0.25) is 9.59 Å². The van der Waals surface area contributed by atoms with Crippen LogP contribution in [0.2, 0.25) is 0 Å². The predicted molar refractivity (Wildman–Crippen MR) is 109 cm³/mol. The molecule has 6 N–H and O–H groups in total. The average molecular weight is 382 g/mol. The second kappa shape index (κ2) is 9.55. The standard InChI is InChI=1S/C21H26N4O3/c1-13(2)18(11-19(26)27)15-6-3-5-14(9-15)12-24-20(28)16-7-4-8-17(10-16)25-21(22)23/h3-10,13,18H,11-12H2,1-2H3,(H,24,28)(H,26,27)(H4,22,23,25). The minimum Gasteiger partial charge on any atom is -0.481 e. The Bertz CT molecular complexity index is 873. The van der Waals surface area contributed by atoms with Crippen LogP contribution < -0.4 is 16.8 Å². The molecule has 0 aliphatic heterocycles. The third-order valence-corrected chi connectivity index (χ3v) is 4.40. The van der Waals surface area contributed by atoms with Gasteiger partial charge in [-0.05, 0) is 41.2 Å². The van der Waals surface area contributed by atoms with Gasteiger partial charge in [0.05, 0.1) is 12.1 Å². The molecule has 1 atom stereocenters. The van der Waals surface area contributed by atoms with E-state index in [1.54, 1.807) is 24.3 Å². The van der Waals surface area contributed by atoms with Crippen LogP contribution in [0.15, 0.2) is 53.5 Å². The van der Waals surface area contributed by atoms with Gasteiger partial charge in [0.2, 0.25) is 0 Å². The van der Waals surface area contributed by atoms with E-state index in [2.05, 4.69) is 10.3 Å². The average Bonchev–Trinajstić information content (AvgIpc) is 2.63. The molecule has 28 heavy (non-hydrogen) atoms. The lowest BCUT2D eigenvalue weighted by molar-refractivity contribution is -0.137. The first-order chi connectivity index (χ1) is 13.3. The van der Waals surface area contributed by atoms with Crippen molar-refractivity contribution in [2.75, 3.05) is 0 Å². The van der Waals surface area contributed by atoms with Crippen LogP contribution in [0.4, 0.5) is 5.69 Å². The number of carboxylic acids is 1. The predicted octanol–water partition coefficient (Wildman–Crippen LogP) is 2.74. The van der Waals surface area contributed by atoms with Crippen LogP contribution in [0.1, 0.15) is 47.7 Å². The van der Waals surface area contributed by atoms with Crippen LogP contribution in [0, 0.1) is 5.92 Å². The van der Waals surface area contributed by atoms with Crippen molar-refractivity contribution in [3.8, 4) is 0 Å². The van der Waals surface area contributed by atoms with Crippen molar-refractivity contribution < 1.29 is 14.7 Å². The first-order valence-corrected chi connectivity index (χ1v) is 9.04. The highest BCUT2D eigenvalue weighted by Gasteiger charge is 2.19. The molecule has 0 saturated heterocycles. The van der Waals surface area contributed by atoms with E-state index in [4.69, 9.17) is 16.6 Å². The van der Waals surface area contributed by atoms with Crippen molar-refractivity contribution >= 4 is 23.5 Å². The van der Waals surface area contributed by atoms with Gasteiger partial charge in [0, 0.05) is 12.1 Å². The zero-order valence-corrected chi connectivity index (χ0v) is 16.1. The second-order valence-electron chi connectivity index (χ2n) is 6.96. The Labute approximate surface area is 164 Å². The van der Waals surface area contributed by atoms with Gasteiger partial charge in [-0.2, -0.15) is 0 Å². The zero-order chi connectivity index (χ0) is 20.7. The Morgan fingerprint density at radius 1 is 1.11 bits per heavy atom. The van der Waals surface area contributed by atoms with Crippen LogP contribution in [-0.2, 0) is 11.3 Å². The van der Waals surface area contributed by atoms with E-state index in [0.29, 0.717) is 17.8 Å². The van der Waals surface area contributed by atoms with Gasteiger partial charge in [-0.1, -0.05) is 44.2 Å². The Balaban J connectivity index is 2.09. The monoisotopic (exact) mass is 382 g/mol. The Hall–Kier alpha value is -3.35. The van der Waals surface area contributed by atoms with Gasteiger partial charge in [-0.25, -0.2) is 4.99 Å². The quantitative estimate of drug-likeness (QED) is 0.412. The molecule has 1 amide bonds. The van der Waals surface area contributed by atoms with Crippen molar-refractivity contribution in [1.29, 1.82) is 0 Å². The number of hydrogen-bond acceptors (Lipinski definition) is 3. The van der Waals surface area contributed by atoms with Crippen LogP contribution in [0.25, 0.3) is 0 Å². The Morgan fingerprint density at radius 2 is 1.82 bits per heavy atom. The highest BCUT2D eigenvalue weighted by Crippen LogP contribution is 2.28. The molecule has 0 spiro atoms. The fourth-order valence-electron chi connectivity index (χ4n) is 3.01. The van der Waals surface area contributed by atoms with Crippen LogP contribution in [0.3, 0.4) is 0 Å². The second-order valence-corrected chi connectivity index (χ2v) is 6.96. The van der Waals surface area contributed by atoms with Crippen molar-refractivity contribution in [3.05, 3.63) is 65.2 Å². The van der Waals surface area contributed by atoms with Crippen molar-refractivity contribution in [2.24, 2.45) is 22.4 Å². The molecule has 2 aromatic carbocycles. The van der Waals surface area contributed by atoms with Crippen molar-refractivity contribution in [2.45, 2.75) is 32.7 Å². The number of carbonyl (C=O) groups excluding carboxylic acids is 1. The van der Waals surface area contributed by atoms with Crippen molar-refractivity contribution in [3.63, 3.8) is 0 Å². The highest BCUT2D eigenvalue weighted by atomic mass is 16.4. The van der Waals surface area contributed by atoms with Crippen LogP contribution in [-0.4, -0.2) is 22.9 Å². The molecule has 2 rings (SSSR count). The highest BCUT2D eigenvalue weighted by molar-refractivity contribution is 5.95. The number of aliphatic imine (C=N–C) groups is 1. The number of benzene rings is 2. The number of aliphatic carboxylic acids is 1. The normalized spacial score (nSPS) is 11.7. The molecule has 0 fully saturated rings. The van der Waals surface area contributed by atoms with Gasteiger partial charge in [0.15, 0.2) is 5.96 Å². The molecule has 0 aliphatic rings. The summed E-state index contributed by atoms with van der Waals surface area (Å²) in [6.07, 6.45) is 0.0745. The lowest BCUT2D eigenvalue weighted by Gasteiger charge is -2.20. The van der Waals surface area contributed by atoms with E-state index in [1.165, 1.54) is 0 Å². The maximum absolute atomic E-state index is 12.4. The van der Waals surface area contributed by atoms with E-state index >= 15 is 0 Å². The van der Waals surface area contributed by atoms with E-state index in [1.807, 2.05) is 38.1 Å². The summed E-state index contributed by atoms with van der Waals surface area (Å²) in [6, 6.07) is 14.4. The van der Waals surface area contributed by atoms with E-state index in [9.17, 15) is 9.59 Å². The summed E-state index contributed by atoms with van der Waals surface area (Å²) < 4.78 is 0. The lowest BCUT2D eigenvalue weighted by atomic mass is 9.85. The summed E-state index contributed by atoms with van der Waals surface area (Å²) >= 11 is 0. The summed E-state index contributed by atoms with van der Waals surface area (Å²) in [7, 11) is 0. The van der Waals surface area contributed by atoms with Crippen LogP contribution in [0.5, 0.6) is 0 Å². The molecule has 0 bridgehead atoms. The summed E-state index contributed by atoms with van der Waals surface area (Å²) in [5.41, 5.74) is 13.5. The number of carbonyl (C=O) groups is 2. The molecule has 0 radical (unpaired) electrons. The molecule has 7 nitrogen and oxygen atoms in total. The molecule has 0 aliphatic carbocycles. The fraction of sp³-hybridized carbons (Fsp3) is 0.286. The first kappa shape index (κ1) is 21.0. The maximum Gasteiger partial charge on any atom is 0.303 e. The molecular formula is C21H26N4O3. The number of nitrogens with zero attached hydrogens (tertiary/aromatic N) is 1. The molecule has 0 heterocycles. The molecule has 148 valence electrons. The van der Waals surface area contributed by atoms with Gasteiger partial charge >= 0.3 is 5.97 Å². The van der Waals surface area contributed by atoms with Gasteiger partial charge in [0.1, 0.15) is 0 Å². The third-order valence-electron chi connectivity index (χ3n) is 4.40. The summed E-state index contributed by atoms with van der Waals surface area (Å²) in [6.45, 7) is 4.34. The first-order valence-electron chi connectivity index (χ1n) is 9.04. The number of guanidine groups is 1. The Kier molecular flexibility index (Phi) is 7.14. The SMILES string of the molecule is CC(C)C(CC(=O)O)c1cccc(CNC(=O)c2cccc(N=C(N)N)c2)c1. The van der Waals surface area contributed by atoms with Gasteiger partial charge in [0.25, 0.3) is 5.91 Å². The number of amides is 1. The van der Waals surface area contributed by atoms with E-state index < -0.39 is 5.97 Å². The summed E-state index contributed by atoms with van der Waals surface area (Å²) in [5, 5.41) is 12.0. The smallest absolute Gasteiger partial charge is 0.303 e. The molecule has 7 heteroatoms. The molecular weight excluding hydrogens is 356 g/mol. The van der Waals surface area contributed by atoms with E-state index in [0.717, 1.165) is 11.1 Å². The minimum atomic E-state index is -0.821. The Morgan fingerprint density at radius 3 is 2.46 bits per heavy atom. The topological polar surface area (TPSA) is 131 Å². The largest absolute Gasteiger partial charge is 0.481 e. The number of hydrogen-bond donors (Lipinski definition) is 4. The number of rotatable bonds is 8. The van der Waals surface area contributed by atoms with E-state index in [-0.39, 0.29) is 30.1 Å². The molecule has 0 saturated carbocycles. The number of nitrogens with two attached hydrogens (primary N) is 2. The zero-order valence-electron chi connectivity index (χ0n) is 16.1. The lowest BCUT2D eigenvalue weighted by Crippen LogP contribution is -2.23. The third kappa shape index (κ3) is 6.12. The number of carboxylic acid groups (broad SMARTS) is 1. The summed E-state index contributed by atoms with van der Waals surface area (Å²) in [5.74, 6) is -1.03. The summed E-state index contributed by atoms with van der Waals surface area (Å²) in [4.78, 5) is 27.5. The van der Waals surface area contributed by atoms with Gasteiger partial charge in [-0.15, -0.1) is 0 Å². The van der Waals surface area contributed by atoms with Gasteiger partial charge < -0.3 is 21.9 Å². The molecule has 1 unspecified atom stereocenters. The van der Waals surface area contributed by atoms with Crippen LogP contribution >= 0.6 is 0 Å².